The zero-order chi connectivity index (χ0) is 16.4. The van der Waals surface area contributed by atoms with Crippen LogP contribution in [0.3, 0.4) is 0 Å². The van der Waals surface area contributed by atoms with Crippen LogP contribution in [0.15, 0.2) is 34.9 Å². The normalized spacial score (nSPS) is 22.7. The molecule has 1 N–H and O–H groups in total. The van der Waals surface area contributed by atoms with Gasteiger partial charge >= 0.3 is 0 Å². The lowest BCUT2D eigenvalue weighted by atomic mass is 9.87. The van der Waals surface area contributed by atoms with Crippen molar-refractivity contribution >= 4 is 0 Å². The van der Waals surface area contributed by atoms with Gasteiger partial charge in [-0.25, -0.2) is 4.39 Å². The van der Waals surface area contributed by atoms with E-state index < -0.39 is 6.10 Å². The number of β-amino-alcohol motifs (C(OH)–C–C–N with tert-alkyl or cyclic N) is 1. The van der Waals surface area contributed by atoms with Crippen molar-refractivity contribution < 1.29 is 14.0 Å². The van der Waals surface area contributed by atoms with Crippen molar-refractivity contribution in [2.45, 2.75) is 44.8 Å². The molecule has 0 amide bonds. The van der Waals surface area contributed by atoms with E-state index in [1.54, 1.807) is 12.1 Å². The van der Waals surface area contributed by atoms with Crippen molar-refractivity contribution in [3.05, 3.63) is 53.2 Å². The minimum absolute atomic E-state index is 0.0628. The summed E-state index contributed by atoms with van der Waals surface area (Å²) in [5.41, 5.74) is 1.96. The number of aromatic nitrogens is 1. The number of halogens is 1. The first kappa shape index (κ1) is 16.1. The number of benzene rings is 1. The lowest BCUT2D eigenvalue weighted by Gasteiger charge is -2.35. The molecule has 1 aromatic carbocycles. The van der Waals surface area contributed by atoms with E-state index in [2.05, 4.69) is 23.9 Å². The van der Waals surface area contributed by atoms with Crippen LogP contribution < -0.4 is 0 Å². The van der Waals surface area contributed by atoms with Gasteiger partial charge in [-0.2, -0.15) is 0 Å². The number of piperidine rings is 1. The Hall–Kier alpha value is -1.72. The molecule has 0 saturated carbocycles. The van der Waals surface area contributed by atoms with Gasteiger partial charge in [-0.1, -0.05) is 31.1 Å². The van der Waals surface area contributed by atoms with E-state index in [0.29, 0.717) is 19.0 Å². The van der Waals surface area contributed by atoms with Crippen LogP contribution in [0.25, 0.3) is 0 Å². The van der Waals surface area contributed by atoms with E-state index in [4.69, 9.17) is 4.52 Å². The van der Waals surface area contributed by atoms with Crippen molar-refractivity contribution in [3.8, 4) is 0 Å². The van der Waals surface area contributed by atoms with Crippen molar-refractivity contribution in [2.24, 2.45) is 0 Å². The maximum atomic E-state index is 13.0. The van der Waals surface area contributed by atoms with Crippen molar-refractivity contribution in [3.63, 3.8) is 0 Å². The van der Waals surface area contributed by atoms with E-state index in [1.807, 2.05) is 6.07 Å². The average molecular weight is 318 g/mol. The molecule has 0 unspecified atom stereocenters. The third-order valence-corrected chi connectivity index (χ3v) is 4.51. The zero-order valence-electron chi connectivity index (χ0n) is 13.6. The summed E-state index contributed by atoms with van der Waals surface area (Å²) in [7, 11) is 0. The lowest BCUT2D eigenvalue weighted by Crippen LogP contribution is -2.42. The predicted molar refractivity (Wildman–Crippen MR) is 85.6 cm³/mol. The largest absolute Gasteiger partial charge is 0.391 e. The molecule has 1 aromatic heterocycles. The number of aliphatic hydroxyl groups excluding tert-OH is 1. The van der Waals surface area contributed by atoms with Crippen molar-refractivity contribution in [2.75, 3.05) is 13.1 Å². The molecular formula is C18H23FN2O2. The Bertz CT molecular complexity index is 639. The summed E-state index contributed by atoms with van der Waals surface area (Å²) in [6, 6.07) is 8.43. The molecule has 5 heteroatoms. The first-order valence-corrected chi connectivity index (χ1v) is 8.14. The third-order valence-electron chi connectivity index (χ3n) is 4.51. The Balaban J connectivity index is 1.60. The topological polar surface area (TPSA) is 49.5 Å². The van der Waals surface area contributed by atoms with Gasteiger partial charge in [-0.05, 0) is 36.6 Å². The maximum Gasteiger partial charge on any atom is 0.150 e. The number of likely N-dealkylation sites (tertiary alicyclic amines) is 1. The fraction of sp³-hybridized carbons (Fsp3) is 0.500. The fourth-order valence-corrected chi connectivity index (χ4v) is 3.14. The zero-order valence-corrected chi connectivity index (χ0v) is 13.6. The number of nitrogens with zero attached hydrogens (tertiary/aromatic N) is 2. The van der Waals surface area contributed by atoms with Crippen LogP contribution in [0.1, 0.15) is 49.1 Å². The number of rotatable bonds is 4. The van der Waals surface area contributed by atoms with E-state index in [0.717, 1.165) is 30.0 Å². The van der Waals surface area contributed by atoms with Crippen LogP contribution in [0.2, 0.25) is 0 Å². The van der Waals surface area contributed by atoms with Crippen molar-refractivity contribution in [1.29, 1.82) is 0 Å². The van der Waals surface area contributed by atoms with Crippen LogP contribution in [-0.2, 0) is 6.54 Å². The fourth-order valence-electron chi connectivity index (χ4n) is 3.14. The monoisotopic (exact) mass is 318 g/mol. The summed E-state index contributed by atoms with van der Waals surface area (Å²) in [6.07, 6.45) is 0.388. The highest BCUT2D eigenvalue weighted by Crippen LogP contribution is 2.29. The Morgan fingerprint density at radius 2 is 2.09 bits per heavy atom. The quantitative estimate of drug-likeness (QED) is 0.940. The molecule has 0 radical (unpaired) electrons. The summed E-state index contributed by atoms with van der Waals surface area (Å²) in [5.74, 6) is 1.00. The smallest absolute Gasteiger partial charge is 0.150 e. The van der Waals surface area contributed by atoms with Gasteiger partial charge in [0.1, 0.15) is 5.82 Å². The second-order valence-corrected chi connectivity index (χ2v) is 6.62. The molecule has 2 atom stereocenters. The number of aliphatic hydroxyl groups is 1. The molecule has 0 bridgehead atoms. The molecule has 4 nitrogen and oxygen atoms in total. The summed E-state index contributed by atoms with van der Waals surface area (Å²) in [4.78, 5) is 2.18. The molecule has 0 aliphatic carbocycles. The second kappa shape index (κ2) is 6.81. The second-order valence-electron chi connectivity index (χ2n) is 6.62. The van der Waals surface area contributed by atoms with Gasteiger partial charge < -0.3 is 9.63 Å². The summed E-state index contributed by atoms with van der Waals surface area (Å²) >= 11 is 0. The minimum atomic E-state index is -0.457. The highest BCUT2D eigenvalue weighted by atomic mass is 19.1. The molecular weight excluding hydrogens is 295 g/mol. The van der Waals surface area contributed by atoms with Crippen LogP contribution >= 0.6 is 0 Å². The molecule has 3 rings (SSSR count). The van der Waals surface area contributed by atoms with E-state index in [9.17, 15) is 9.50 Å². The van der Waals surface area contributed by atoms with Crippen LogP contribution in [-0.4, -0.2) is 34.4 Å². The van der Waals surface area contributed by atoms with Gasteiger partial charge in [0.25, 0.3) is 0 Å². The molecule has 23 heavy (non-hydrogen) atoms. The molecule has 1 saturated heterocycles. The molecule has 1 aliphatic heterocycles. The molecule has 124 valence electrons. The van der Waals surface area contributed by atoms with E-state index in [-0.39, 0.29) is 11.7 Å². The van der Waals surface area contributed by atoms with Gasteiger partial charge in [0.15, 0.2) is 5.76 Å². The van der Waals surface area contributed by atoms with Crippen LogP contribution in [0.5, 0.6) is 0 Å². The van der Waals surface area contributed by atoms with Gasteiger partial charge in [0.05, 0.1) is 18.3 Å². The maximum absolute atomic E-state index is 13.0. The Labute approximate surface area is 135 Å². The molecule has 2 heterocycles. The van der Waals surface area contributed by atoms with Crippen molar-refractivity contribution in [1.82, 2.24) is 10.1 Å². The first-order chi connectivity index (χ1) is 11.0. The Kier molecular flexibility index (Phi) is 4.78. The van der Waals surface area contributed by atoms with Crippen LogP contribution in [0, 0.1) is 5.82 Å². The molecule has 2 aromatic rings. The van der Waals surface area contributed by atoms with Gasteiger partial charge in [-0.3, -0.25) is 4.90 Å². The van der Waals surface area contributed by atoms with Crippen LogP contribution in [0.4, 0.5) is 4.39 Å². The summed E-state index contributed by atoms with van der Waals surface area (Å²) in [6.45, 7) is 6.28. The standard InChI is InChI=1S/C18H23FN2O2/c1-12(2)17-9-15(23-20-17)10-21-8-7-16(18(22)11-21)13-3-5-14(19)6-4-13/h3-6,9,12,16,18,22H,7-8,10-11H2,1-2H3/t16-,18+/m0/s1. The number of hydrogen-bond donors (Lipinski definition) is 1. The van der Waals surface area contributed by atoms with Gasteiger partial charge in [0.2, 0.25) is 0 Å². The summed E-state index contributed by atoms with van der Waals surface area (Å²) in [5, 5.41) is 14.5. The highest BCUT2D eigenvalue weighted by Gasteiger charge is 2.29. The van der Waals surface area contributed by atoms with E-state index in [1.165, 1.54) is 12.1 Å². The summed E-state index contributed by atoms with van der Waals surface area (Å²) < 4.78 is 18.4. The number of hydrogen-bond acceptors (Lipinski definition) is 4. The molecule has 1 fully saturated rings. The molecule has 0 spiro atoms. The third kappa shape index (κ3) is 3.79. The minimum Gasteiger partial charge on any atom is -0.391 e. The van der Waals surface area contributed by atoms with Gasteiger partial charge in [-0.15, -0.1) is 0 Å². The molecule has 1 aliphatic rings. The van der Waals surface area contributed by atoms with E-state index >= 15 is 0 Å². The lowest BCUT2D eigenvalue weighted by molar-refractivity contribution is 0.0437. The SMILES string of the molecule is CC(C)c1cc(CN2CC[C@@H](c3ccc(F)cc3)[C@H](O)C2)on1. The Morgan fingerprint density at radius 3 is 2.70 bits per heavy atom. The highest BCUT2D eigenvalue weighted by molar-refractivity contribution is 5.22. The van der Waals surface area contributed by atoms with Gasteiger partial charge in [0, 0.05) is 18.5 Å². The predicted octanol–water partition coefficient (Wildman–Crippen LogP) is 3.29. The average Bonchev–Trinajstić information content (AvgIpc) is 2.97. The Morgan fingerprint density at radius 1 is 1.35 bits per heavy atom. The first-order valence-electron chi connectivity index (χ1n) is 8.14.